The van der Waals surface area contributed by atoms with Crippen molar-refractivity contribution in [2.45, 2.75) is 17.4 Å². The Morgan fingerprint density at radius 1 is 1.53 bits per heavy atom. The van der Waals surface area contributed by atoms with E-state index in [2.05, 4.69) is 0 Å². The van der Waals surface area contributed by atoms with Gasteiger partial charge in [0.2, 0.25) is 0 Å². The number of nitrogens with two attached hydrogens (primary N) is 1. The Bertz CT molecular complexity index is 530. The van der Waals surface area contributed by atoms with Crippen LogP contribution in [0.1, 0.15) is 6.42 Å². The first-order valence-electron chi connectivity index (χ1n) is 5.41. The first kappa shape index (κ1) is 12.3. The van der Waals surface area contributed by atoms with E-state index >= 15 is 0 Å². The van der Waals surface area contributed by atoms with Gasteiger partial charge >= 0.3 is 0 Å². The molecule has 6 heteroatoms. The topological polar surface area (TPSA) is 63.4 Å². The normalized spacial score (nSPS) is 22.3. The summed E-state index contributed by atoms with van der Waals surface area (Å²) in [6, 6.07) is 3.73. The molecule has 0 saturated carbocycles. The van der Waals surface area contributed by atoms with E-state index in [1.807, 2.05) is 11.9 Å². The van der Waals surface area contributed by atoms with Crippen molar-refractivity contribution >= 4 is 15.5 Å². The van der Waals surface area contributed by atoms with Crippen molar-refractivity contribution in [3.05, 3.63) is 24.0 Å². The minimum atomic E-state index is -3.41. The Balaban J connectivity index is 2.53. The van der Waals surface area contributed by atoms with Crippen molar-refractivity contribution in [1.82, 2.24) is 0 Å². The number of halogens is 1. The Labute approximate surface area is 100 Å². The van der Waals surface area contributed by atoms with Gasteiger partial charge in [-0.3, -0.25) is 0 Å². The van der Waals surface area contributed by atoms with Gasteiger partial charge in [-0.1, -0.05) is 0 Å². The van der Waals surface area contributed by atoms with Gasteiger partial charge in [-0.05, 0) is 31.2 Å². The number of hydrogen-bond donors (Lipinski definition) is 1. The average Bonchev–Trinajstić information content (AvgIpc) is 2.26. The Morgan fingerprint density at radius 2 is 2.24 bits per heavy atom. The molecule has 0 amide bonds. The fourth-order valence-corrected chi connectivity index (χ4v) is 4.05. The third kappa shape index (κ3) is 2.14. The van der Waals surface area contributed by atoms with Gasteiger partial charge in [0.1, 0.15) is 5.82 Å². The maximum atomic E-state index is 13.1. The van der Waals surface area contributed by atoms with E-state index in [-0.39, 0.29) is 16.7 Å². The number of rotatable bonds is 2. The summed E-state index contributed by atoms with van der Waals surface area (Å²) >= 11 is 0. The summed E-state index contributed by atoms with van der Waals surface area (Å²) in [5, 5.41) is 0. The molecule has 94 valence electrons. The fraction of sp³-hybridized carbons (Fsp3) is 0.455. The number of sulfone groups is 1. The molecule has 1 aromatic rings. The monoisotopic (exact) mass is 258 g/mol. The summed E-state index contributed by atoms with van der Waals surface area (Å²) in [5.41, 5.74) is 6.02. The van der Waals surface area contributed by atoms with Crippen LogP contribution in [0.15, 0.2) is 23.1 Å². The summed E-state index contributed by atoms with van der Waals surface area (Å²) in [4.78, 5) is 1.94. The van der Waals surface area contributed by atoms with Gasteiger partial charge < -0.3 is 10.6 Å². The van der Waals surface area contributed by atoms with E-state index in [0.717, 1.165) is 6.07 Å². The third-order valence-electron chi connectivity index (χ3n) is 3.10. The van der Waals surface area contributed by atoms with Crippen LogP contribution >= 0.6 is 0 Å². The molecule has 2 N–H and O–H groups in total. The molecule has 0 aromatic heterocycles. The smallest absolute Gasteiger partial charge is 0.182 e. The third-order valence-corrected chi connectivity index (χ3v) is 4.92. The van der Waals surface area contributed by atoms with E-state index in [9.17, 15) is 12.8 Å². The minimum Gasteiger partial charge on any atom is -0.369 e. The van der Waals surface area contributed by atoms with Crippen LogP contribution < -0.4 is 10.6 Å². The van der Waals surface area contributed by atoms with Crippen LogP contribution in [0.25, 0.3) is 0 Å². The summed E-state index contributed by atoms with van der Waals surface area (Å²) in [5.74, 6) is -0.532. The van der Waals surface area contributed by atoms with Crippen molar-refractivity contribution in [2.75, 3.05) is 24.2 Å². The van der Waals surface area contributed by atoms with E-state index in [1.54, 1.807) is 0 Å². The molecular weight excluding hydrogens is 243 g/mol. The molecular formula is C11H15FN2O2S. The highest BCUT2D eigenvalue weighted by Crippen LogP contribution is 2.33. The highest BCUT2D eigenvalue weighted by Gasteiger charge is 2.33. The van der Waals surface area contributed by atoms with Crippen LogP contribution in [0, 0.1) is 5.82 Å². The maximum Gasteiger partial charge on any atom is 0.182 e. The molecule has 1 aromatic carbocycles. The molecule has 1 aliphatic heterocycles. The summed E-state index contributed by atoms with van der Waals surface area (Å²) in [7, 11) is -1.59. The standard InChI is InChI=1S/C11H15FN2O2S/c1-14-9(4-5-13)7-17(15,16)11-6-8(12)2-3-10(11)14/h2-3,6,9H,4-5,7,13H2,1H3. The second kappa shape index (κ2) is 4.27. The molecule has 1 heterocycles. The Kier molecular flexibility index (Phi) is 3.09. The maximum absolute atomic E-state index is 13.1. The van der Waals surface area contributed by atoms with Crippen LogP contribution in [-0.4, -0.2) is 33.8 Å². The highest BCUT2D eigenvalue weighted by atomic mass is 32.2. The van der Waals surface area contributed by atoms with Gasteiger partial charge in [0.05, 0.1) is 16.3 Å². The molecule has 1 aliphatic rings. The molecule has 1 atom stereocenters. The lowest BCUT2D eigenvalue weighted by molar-refractivity contribution is 0.556. The van der Waals surface area contributed by atoms with Gasteiger partial charge in [0, 0.05) is 13.1 Å². The van der Waals surface area contributed by atoms with Crippen LogP contribution in [-0.2, 0) is 9.84 Å². The molecule has 0 fully saturated rings. The quantitative estimate of drug-likeness (QED) is 0.851. The van der Waals surface area contributed by atoms with E-state index < -0.39 is 15.7 Å². The fourth-order valence-electron chi connectivity index (χ4n) is 2.15. The molecule has 2 rings (SSSR count). The molecule has 4 nitrogen and oxygen atoms in total. The molecule has 17 heavy (non-hydrogen) atoms. The summed E-state index contributed by atoms with van der Waals surface area (Å²) < 4.78 is 37.2. The lowest BCUT2D eigenvalue weighted by atomic mass is 10.1. The molecule has 1 unspecified atom stereocenters. The summed E-state index contributed by atoms with van der Waals surface area (Å²) in [6.07, 6.45) is 0.604. The lowest BCUT2D eigenvalue weighted by Gasteiger charge is -2.35. The first-order chi connectivity index (χ1) is 7.95. The van der Waals surface area contributed by atoms with Crippen LogP contribution in [0.3, 0.4) is 0 Å². The second-order valence-electron chi connectivity index (χ2n) is 4.24. The van der Waals surface area contributed by atoms with Crippen LogP contribution in [0.4, 0.5) is 10.1 Å². The lowest BCUT2D eigenvalue weighted by Crippen LogP contribution is -2.43. The number of benzene rings is 1. The molecule has 0 bridgehead atoms. The predicted octanol–water partition coefficient (Wildman–Crippen LogP) is 0.767. The van der Waals surface area contributed by atoms with E-state index in [1.165, 1.54) is 12.1 Å². The van der Waals surface area contributed by atoms with Crippen molar-refractivity contribution in [3.63, 3.8) is 0 Å². The number of anilines is 1. The van der Waals surface area contributed by atoms with Crippen molar-refractivity contribution in [3.8, 4) is 0 Å². The number of nitrogens with zero attached hydrogens (tertiary/aromatic N) is 1. The zero-order chi connectivity index (χ0) is 12.6. The number of hydrogen-bond acceptors (Lipinski definition) is 4. The number of fused-ring (bicyclic) bond motifs is 1. The van der Waals surface area contributed by atoms with Crippen LogP contribution in [0.5, 0.6) is 0 Å². The van der Waals surface area contributed by atoms with Gasteiger partial charge in [-0.15, -0.1) is 0 Å². The zero-order valence-electron chi connectivity index (χ0n) is 9.56. The van der Waals surface area contributed by atoms with E-state index in [0.29, 0.717) is 18.7 Å². The average molecular weight is 258 g/mol. The Hall–Kier alpha value is -1.14. The van der Waals surface area contributed by atoms with Crippen LogP contribution in [0.2, 0.25) is 0 Å². The SMILES string of the molecule is CN1c2ccc(F)cc2S(=O)(=O)CC1CCN. The highest BCUT2D eigenvalue weighted by molar-refractivity contribution is 7.91. The largest absolute Gasteiger partial charge is 0.369 e. The van der Waals surface area contributed by atoms with Gasteiger partial charge in [0.15, 0.2) is 9.84 Å². The minimum absolute atomic E-state index is 0.00282. The summed E-state index contributed by atoms with van der Waals surface area (Å²) in [6.45, 7) is 0.432. The zero-order valence-corrected chi connectivity index (χ0v) is 10.4. The Morgan fingerprint density at radius 3 is 2.88 bits per heavy atom. The van der Waals surface area contributed by atoms with Crippen molar-refractivity contribution in [1.29, 1.82) is 0 Å². The first-order valence-corrected chi connectivity index (χ1v) is 7.06. The molecule has 0 aliphatic carbocycles. The van der Waals surface area contributed by atoms with Crippen molar-refractivity contribution in [2.24, 2.45) is 5.73 Å². The van der Waals surface area contributed by atoms with Gasteiger partial charge in [-0.2, -0.15) is 0 Å². The second-order valence-corrected chi connectivity index (χ2v) is 6.24. The molecule has 0 spiro atoms. The van der Waals surface area contributed by atoms with Crippen molar-refractivity contribution < 1.29 is 12.8 Å². The van der Waals surface area contributed by atoms with E-state index in [4.69, 9.17) is 5.73 Å². The van der Waals surface area contributed by atoms with Gasteiger partial charge in [-0.25, -0.2) is 12.8 Å². The van der Waals surface area contributed by atoms with Gasteiger partial charge in [0.25, 0.3) is 0 Å². The predicted molar refractivity (Wildman–Crippen MR) is 64.3 cm³/mol. The molecule has 0 saturated heterocycles. The molecule has 0 radical (unpaired) electrons.